The maximum absolute atomic E-state index is 12.3. The molecule has 3 N–H and O–H groups in total. The Labute approximate surface area is 198 Å². The lowest BCUT2D eigenvalue weighted by atomic mass is 10.1. The lowest BCUT2D eigenvalue weighted by molar-refractivity contribution is -0.143. The monoisotopic (exact) mass is 461 g/mol. The second-order valence-electron chi connectivity index (χ2n) is 8.42. The van der Waals surface area contributed by atoms with Crippen LogP contribution < -0.4 is 5.73 Å². The van der Waals surface area contributed by atoms with Crippen molar-refractivity contribution in [1.82, 2.24) is 0 Å². The van der Waals surface area contributed by atoms with Crippen LogP contribution in [-0.4, -0.2) is 41.8 Å². The number of aliphatic hydroxyl groups is 1. The molecule has 0 fully saturated rings. The average molecular weight is 462 g/mol. The number of rotatable bonds is 22. The fourth-order valence-electron chi connectivity index (χ4n) is 3.14. The van der Waals surface area contributed by atoms with Crippen molar-refractivity contribution in [3.63, 3.8) is 0 Å². The third kappa shape index (κ3) is 27.7. The zero-order chi connectivity index (χ0) is 23.4. The number of nitrogens with two attached hydrogens (primary N) is 1. The van der Waals surface area contributed by atoms with Crippen molar-refractivity contribution in [3.8, 4) is 0 Å². The summed E-state index contributed by atoms with van der Waals surface area (Å²) in [5.74, 6) is 1.11. The normalized spacial score (nSPS) is 11.6. The van der Waals surface area contributed by atoms with Crippen LogP contribution in [0.4, 0.5) is 0 Å². The first-order chi connectivity index (χ1) is 15.2. The molecular formula is C26H55NO3S. The number of hydrogen-bond acceptors (Lipinski definition) is 5. The Bertz CT molecular complexity index is 341. The summed E-state index contributed by atoms with van der Waals surface area (Å²) in [5, 5.41) is 8.11. The minimum atomic E-state index is 0.0156. The van der Waals surface area contributed by atoms with E-state index in [-0.39, 0.29) is 11.2 Å². The van der Waals surface area contributed by atoms with Crippen LogP contribution >= 0.6 is 11.8 Å². The number of hydrogen-bond donors (Lipinski definition) is 2. The fraction of sp³-hybridized carbons (Fsp3) is 0.962. The van der Waals surface area contributed by atoms with Crippen LogP contribution in [0.2, 0.25) is 0 Å². The molecule has 0 heterocycles. The highest BCUT2D eigenvalue weighted by Gasteiger charge is 2.19. The summed E-state index contributed by atoms with van der Waals surface area (Å²) in [4.78, 5) is 12.3. The highest BCUT2D eigenvalue weighted by molar-refractivity contribution is 8.00. The zero-order valence-electron chi connectivity index (χ0n) is 21.2. The molecule has 0 radical (unpaired) electrons. The summed E-state index contributed by atoms with van der Waals surface area (Å²) >= 11 is 1.82. The van der Waals surface area contributed by atoms with Crippen molar-refractivity contribution in [3.05, 3.63) is 0 Å². The van der Waals surface area contributed by atoms with Crippen molar-refractivity contribution in [2.24, 2.45) is 5.73 Å². The molecule has 0 aliphatic carbocycles. The Kier molecular flexibility index (Phi) is 31.6. The van der Waals surface area contributed by atoms with E-state index in [1.165, 1.54) is 51.4 Å². The van der Waals surface area contributed by atoms with Gasteiger partial charge in [0, 0.05) is 6.61 Å². The van der Waals surface area contributed by atoms with Gasteiger partial charge in [0.25, 0.3) is 0 Å². The van der Waals surface area contributed by atoms with Gasteiger partial charge in [0.05, 0.1) is 6.61 Å². The molecule has 1 unspecified atom stereocenters. The van der Waals surface area contributed by atoms with Crippen LogP contribution in [-0.2, 0) is 9.53 Å². The van der Waals surface area contributed by atoms with Gasteiger partial charge in [-0.2, -0.15) is 0 Å². The molecule has 0 aliphatic heterocycles. The molecule has 188 valence electrons. The molecule has 0 aromatic heterocycles. The van der Waals surface area contributed by atoms with Gasteiger partial charge < -0.3 is 15.6 Å². The smallest absolute Gasteiger partial charge is 0.319 e. The first kappa shape index (κ1) is 32.9. The second-order valence-corrected chi connectivity index (χ2v) is 9.73. The molecule has 4 nitrogen and oxygen atoms in total. The third-order valence-corrected chi connectivity index (χ3v) is 6.61. The number of carbonyl (C=O) groups is 1. The topological polar surface area (TPSA) is 72.5 Å². The number of ether oxygens (including phenoxy) is 1. The van der Waals surface area contributed by atoms with Gasteiger partial charge in [0.2, 0.25) is 0 Å². The van der Waals surface area contributed by atoms with Crippen LogP contribution in [0.5, 0.6) is 0 Å². The summed E-state index contributed by atoms with van der Waals surface area (Å²) in [6.07, 6.45) is 20.3. The maximum Gasteiger partial charge on any atom is 0.319 e. The molecule has 5 heteroatoms. The van der Waals surface area contributed by atoms with E-state index >= 15 is 0 Å². The van der Waals surface area contributed by atoms with E-state index in [0.29, 0.717) is 13.2 Å². The summed E-state index contributed by atoms with van der Waals surface area (Å²) < 4.78 is 5.52. The Morgan fingerprint density at radius 2 is 1.32 bits per heavy atom. The van der Waals surface area contributed by atoms with Gasteiger partial charge in [-0.3, -0.25) is 4.79 Å². The SMILES string of the molecule is CCCCCCCCCCSC(CCCC)C(=O)OCCCCCCN.CCCCO. The van der Waals surface area contributed by atoms with Crippen molar-refractivity contribution in [2.75, 3.05) is 25.5 Å². The van der Waals surface area contributed by atoms with Gasteiger partial charge in [-0.1, -0.05) is 97.8 Å². The fourth-order valence-corrected chi connectivity index (χ4v) is 4.34. The van der Waals surface area contributed by atoms with Crippen LogP contribution in [0.3, 0.4) is 0 Å². The van der Waals surface area contributed by atoms with Crippen LogP contribution in [0.25, 0.3) is 0 Å². The average Bonchev–Trinajstić information content (AvgIpc) is 2.78. The third-order valence-electron chi connectivity index (χ3n) is 5.25. The van der Waals surface area contributed by atoms with Crippen molar-refractivity contribution >= 4 is 17.7 Å². The first-order valence-corrected chi connectivity index (χ1v) is 14.3. The number of aliphatic hydroxyl groups excluding tert-OH is 1. The largest absolute Gasteiger partial charge is 0.465 e. The second kappa shape index (κ2) is 29.7. The first-order valence-electron chi connectivity index (χ1n) is 13.3. The van der Waals surface area contributed by atoms with E-state index in [1.807, 2.05) is 11.8 Å². The Morgan fingerprint density at radius 3 is 1.87 bits per heavy atom. The molecule has 1 atom stereocenters. The standard InChI is InChI=1S/C22H45NO2S.C4H10O/c1-3-5-7-8-9-10-13-16-20-26-21(17-6-4-2)22(24)25-19-15-12-11-14-18-23;1-2-3-4-5/h21H,3-20,23H2,1-2H3;5H,2-4H2,1H3. The predicted molar refractivity (Wildman–Crippen MR) is 139 cm³/mol. The summed E-state index contributed by atoms with van der Waals surface area (Å²) in [6.45, 7) is 8.17. The lowest BCUT2D eigenvalue weighted by Crippen LogP contribution is -2.21. The molecule has 0 rings (SSSR count). The van der Waals surface area contributed by atoms with E-state index in [9.17, 15) is 4.79 Å². The minimum absolute atomic E-state index is 0.0156. The van der Waals surface area contributed by atoms with Gasteiger partial charge in [-0.25, -0.2) is 0 Å². The van der Waals surface area contributed by atoms with Crippen LogP contribution in [0.15, 0.2) is 0 Å². The Hall–Kier alpha value is -0.260. The van der Waals surface area contributed by atoms with Crippen LogP contribution in [0.1, 0.15) is 130 Å². The highest BCUT2D eigenvalue weighted by Crippen LogP contribution is 2.21. The zero-order valence-corrected chi connectivity index (χ0v) is 22.0. The molecule has 0 aromatic carbocycles. The summed E-state index contributed by atoms with van der Waals surface area (Å²) in [5.41, 5.74) is 5.49. The molecule has 0 saturated carbocycles. The van der Waals surface area contributed by atoms with Crippen molar-refractivity contribution in [2.45, 2.75) is 135 Å². The van der Waals surface area contributed by atoms with Gasteiger partial charge >= 0.3 is 5.97 Å². The summed E-state index contributed by atoms with van der Waals surface area (Å²) in [7, 11) is 0. The summed E-state index contributed by atoms with van der Waals surface area (Å²) in [6, 6.07) is 0. The number of esters is 1. The molecule has 0 spiro atoms. The number of carbonyl (C=O) groups excluding carboxylic acids is 1. The quantitative estimate of drug-likeness (QED) is 0.131. The van der Waals surface area contributed by atoms with E-state index in [2.05, 4.69) is 20.8 Å². The van der Waals surface area contributed by atoms with Crippen molar-refractivity contribution < 1.29 is 14.6 Å². The number of thioether (sulfide) groups is 1. The van der Waals surface area contributed by atoms with Gasteiger partial charge in [0.15, 0.2) is 0 Å². The Balaban J connectivity index is 0. The lowest BCUT2D eigenvalue weighted by Gasteiger charge is -2.15. The molecular weight excluding hydrogens is 406 g/mol. The van der Waals surface area contributed by atoms with Gasteiger partial charge in [-0.05, 0) is 44.4 Å². The van der Waals surface area contributed by atoms with E-state index < -0.39 is 0 Å². The number of unbranched alkanes of at least 4 members (excludes halogenated alkanes) is 12. The molecule has 0 amide bonds. The molecule has 0 aliphatic rings. The molecule has 0 saturated heterocycles. The van der Waals surface area contributed by atoms with Gasteiger partial charge in [-0.15, -0.1) is 11.8 Å². The molecule has 0 aromatic rings. The van der Waals surface area contributed by atoms with Gasteiger partial charge in [0.1, 0.15) is 5.25 Å². The minimum Gasteiger partial charge on any atom is -0.465 e. The highest BCUT2D eigenvalue weighted by atomic mass is 32.2. The van der Waals surface area contributed by atoms with Crippen LogP contribution in [0, 0.1) is 0 Å². The van der Waals surface area contributed by atoms with E-state index in [4.69, 9.17) is 15.6 Å². The van der Waals surface area contributed by atoms with Crippen molar-refractivity contribution in [1.29, 1.82) is 0 Å². The van der Waals surface area contributed by atoms with E-state index in [1.54, 1.807) is 0 Å². The molecule has 31 heavy (non-hydrogen) atoms. The van der Waals surface area contributed by atoms with E-state index in [0.717, 1.165) is 70.1 Å². The predicted octanol–water partition coefficient (Wildman–Crippen LogP) is 7.26. The Morgan fingerprint density at radius 1 is 0.774 bits per heavy atom. The maximum atomic E-state index is 12.3. The molecule has 0 bridgehead atoms.